The van der Waals surface area contributed by atoms with Crippen molar-refractivity contribution in [3.05, 3.63) is 70.9 Å². The van der Waals surface area contributed by atoms with Crippen LogP contribution in [0.1, 0.15) is 25.0 Å². The Morgan fingerprint density at radius 2 is 1.71 bits per heavy atom. The molecule has 0 saturated carbocycles. The minimum absolute atomic E-state index is 0.802. The van der Waals surface area contributed by atoms with Crippen LogP contribution in [0.2, 0.25) is 5.02 Å². The molecule has 1 heterocycles. The topological polar surface area (TPSA) is 4.93 Å². The van der Waals surface area contributed by atoms with E-state index in [1.54, 1.807) is 0 Å². The second-order valence-corrected chi connectivity index (χ2v) is 5.34. The Labute approximate surface area is 132 Å². The monoisotopic (exact) mass is 299 g/mol. The van der Waals surface area contributed by atoms with Crippen LogP contribution in [0.4, 0.5) is 0 Å². The van der Waals surface area contributed by atoms with Crippen LogP contribution in [0.3, 0.4) is 0 Å². The van der Waals surface area contributed by atoms with Crippen LogP contribution >= 0.6 is 11.6 Å². The SMILES string of the molecule is CC.Cc1cn(CCc2ccccc2)c2ccc(Cl)cc12. The van der Waals surface area contributed by atoms with Crippen LogP contribution in [0.5, 0.6) is 0 Å². The number of halogens is 1. The maximum Gasteiger partial charge on any atom is 0.0484 e. The Balaban J connectivity index is 0.000000774. The van der Waals surface area contributed by atoms with Crippen molar-refractivity contribution in [2.24, 2.45) is 0 Å². The van der Waals surface area contributed by atoms with Gasteiger partial charge in [-0.3, -0.25) is 0 Å². The number of fused-ring (bicyclic) bond motifs is 1. The van der Waals surface area contributed by atoms with Crippen molar-refractivity contribution in [2.75, 3.05) is 0 Å². The molecule has 110 valence electrons. The Morgan fingerprint density at radius 1 is 1.00 bits per heavy atom. The van der Waals surface area contributed by atoms with Gasteiger partial charge >= 0.3 is 0 Å². The van der Waals surface area contributed by atoms with Crippen molar-refractivity contribution in [2.45, 2.75) is 33.7 Å². The van der Waals surface area contributed by atoms with Gasteiger partial charge in [-0.05, 0) is 42.7 Å². The van der Waals surface area contributed by atoms with Crippen molar-refractivity contribution in [1.29, 1.82) is 0 Å². The highest BCUT2D eigenvalue weighted by molar-refractivity contribution is 6.31. The third-order valence-corrected chi connectivity index (χ3v) is 3.76. The standard InChI is InChI=1S/C17H16ClN.C2H6/c1-13-12-19(10-9-14-5-3-2-4-6-14)17-8-7-15(18)11-16(13)17;1-2/h2-8,11-12H,9-10H2,1H3;1-2H3. The smallest absolute Gasteiger partial charge is 0.0484 e. The number of rotatable bonds is 3. The largest absolute Gasteiger partial charge is 0.347 e. The molecule has 3 aromatic rings. The number of benzene rings is 2. The van der Waals surface area contributed by atoms with Gasteiger partial charge in [0.25, 0.3) is 0 Å². The first-order valence-electron chi connectivity index (χ1n) is 7.53. The molecule has 0 bridgehead atoms. The van der Waals surface area contributed by atoms with Crippen molar-refractivity contribution in [3.63, 3.8) is 0 Å². The fourth-order valence-electron chi connectivity index (χ4n) is 2.53. The van der Waals surface area contributed by atoms with E-state index in [1.807, 2.05) is 26.0 Å². The minimum Gasteiger partial charge on any atom is -0.347 e. The number of hydrogen-bond donors (Lipinski definition) is 0. The Kier molecular flexibility index (Phi) is 5.46. The van der Waals surface area contributed by atoms with Crippen LogP contribution in [-0.4, -0.2) is 4.57 Å². The van der Waals surface area contributed by atoms with Gasteiger partial charge in [0.1, 0.15) is 0 Å². The van der Waals surface area contributed by atoms with Crippen LogP contribution in [0, 0.1) is 6.92 Å². The van der Waals surface area contributed by atoms with Crippen LogP contribution in [0.25, 0.3) is 10.9 Å². The molecule has 0 spiro atoms. The van der Waals surface area contributed by atoms with Gasteiger partial charge in [-0.15, -0.1) is 0 Å². The Morgan fingerprint density at radius 3 is 2.43 bits per heavy atom. The zero-order chi connectivity index (χ0) is 15.2. The van der Waals surface area contributed by atoms with Gasteiger partial charge in [-0.25, -0.2) is 0 Å². The predicted octanol–water partition coefficient (Wildman–Crippen LogP) is 5.87. The lowest BCUT2D eigenvalue weighted by Crippen LogP contribution is -1.99. The molecule has 1 nitrogen and oxygen atoms in total. The van der Waals surface area contributed by atoms with Crippen LogP contribution in [0.15, 0.2) is 54.7 Å². The molecule has 0 saturated heterocycles. The molecule has 0 aliphatic carbocycles. The number of aromatic nitrogens is 1. The van der Waals surface area contributed by atoms with E-state index >= 15 is 0 Å². The zero-order valence-electron chi connectivity index (χ0n) is 12.9. The first-order valence-corrected chi connectivity index (χ1v) is 7.91. The Bertz CT molecular complexity index is 698. The second kappa shape index (κ2) is 7.33. The van der Waals surface area contributed by atoms with E-state index in [0.717, 1.165) is 18.0 Å². The summed E-state index contributed by atoms with van der Waals surface area (Å²) in [5, 5.41) is 2.05. The third-order valence-electron chi connectivity index (χ3n) is 3.53. The van der Waals surface area contributed by atoms with Gasteiger partial charge in [0.2, 0.25) is 0 Å². The summed E-state index contributed by atoms with van der Waals surface area (Å²) in [5.41, 5.74) is 3.92. The fourth-order valence-corrected chi connectivity index (χ4v) is 2.70. The molecular formula is C19H22ClN. The number of aryl methyl sites for hydroxylation is 3. The number of hydrogen-bond acceptors (Lipinski definition) is 0. The highest BCUT2D eigenvalue weighted by Crippen LogP contribution is 2.24. The molecule has 2 heteroatoms. The van der Waals surface area contributed by atoms with E-state index in [-0.39, 0.29) is 0 Å². The normalized spacial score (nSPS) is 10.3. The summed E-state index contributed by atoms with van der Waals surface area (Å²) in [4.78, 5) is 0. The summed E-state index contributed by atoms with van der Waals surface area (Å²) in [5.74, 6) is 0. The van der Waals surface area contributed by atoms with Gasteiger partial charge in [0, 0.05) is 28.7 Å². The fraction of sp³-hybridized carbons (Fsp3) is 0.263. The Hall–Kier alpha value is -1.73. The van der Waals surface area contributed by atoms with Gasteiger partial charge in [0.05, 0.1) is 0 Å². The second-order valence-electron chi connectivity index (χ2n) is 4.90. The van der Waals surface area contributed by atoms with Crippen molar-refractivity contribution >= 4 is 22.5 Å². The molecule has 3 rings (SSSR count). The first kappa shape index (κ1) is 15.7. The van der Waals surface area contributed by atoms with Crippen molar-refractivity contribution in [3.8, 4) is 0 Å². The van der Waals surface area contributed by atoms with Gasteiger partial charge in [-0.1, -0.05) is 55.8 Å². The highest BCUT2D eigenvalue weighted by Gasteiger charge is 2.05. The lowest BCUT2D eigenvalue weighted by Gasteiger charge is -2.05. The molecule has 2 aromatic carbocycles. The highest BCUT2D eigenvalue weighted by atomic mass is 35.5. The molecule has 0 fully saturated rings. The van der Waals surface area contributed by atoms with Gasteiger partial charge in [0.15, 0.2) is 0 Å². The average Bonchev–Trinajstić information content (AvgIpc) is 2.84. The average molecular weight is 300 g/mol. The quantitative estimate of drug-likeness (QED) is 0.570. The molecule has 0 aliphatic rings. The summed E-state index contributed by atoms with van der Waals surface area (Å²) < 4.78 is 2.31. The lowest BCUT2D eigenvalue weighted by atomic mass is 10.1. The molecule has 0 atom stereocenters. The zero-order valence-corrected chi connectivity index (χ0v) is 13.7. The van der Waals surface area contributed by atoms with E-state index in [4.69, 9.17) is 11.6 Å². The molecule has 0 N–H and O–H groups in total. The van der Waals surface area contributed by atoms with Gasteiger partial charge < -0.3 is 4.57 Å². The molecule has 0 amide bonds. The van der Waals surface area contributed by atoms with E-state index in [2.05, 4.69) is 54.1 Å². The minimum atomic E-state index is 0.802. The number of nitrogens with zero attached hydrogens (tertiary/aromatic N) is 1. The van der Waals surface area contributed by atoms with E-state index in [9.17, 15) is 0 Å². The summed E-state index contributed by atoms with van der Waals surface area (Å²) in [7, 11) is 0. The summed E-state index contributed by atoms with van der Waals surface area (Å²) in [6.45, 7) is 7.13. The van der Waals surface area contributed by atoms with E-state index < -0.39 is 0 Å². The van der Waals surface area contributed by atoms with Crippen LogP contribution < -0.4 is 0 Å². The molecule has 0 aliphatic heterocycles. The molecule has 0 unspecified atom stereocenters. The summed E-state index contributed by atoms with van der Waals surface area (Å²) in [6.07, 6.45) is 3.26. The molecular weight excluding hydrogens is 278 g/mol. The maximum absolute atomic E-state index is 6.06. The first-order chi connectivity index (χ1) is 10.2. The summed E-state index contributed by atoms with van der Waals surface area (Å²) in [6, 6.07) is 16.7. The van der Waals surface area contributed by atoms with Crippen LogP contribution in [-0.2, 0) is 13.0 Å². The third kappa shape index (κ3) is 3.68. The molecule has 1 aromatic heterocycles. The van der Waals surface area contributed by atoms with Crippen molar-refractivity contribution in [1.82, 2.24) is 4.57 Å². The van der Waals surface area contributed by atoms with Gasteiger partial charge in [-0.2, -0.15) is 0 Å². The lowest BCUT2D eigenvalue weighted by molar-refractivity contribution is 0.721. The van der Waals surface area contributed by atoms with E-state index in [1.165, 1.54) is 22.0 Å². The van der Waals surface area contributed by atoms with E-state index in [0.29, 0.717) is 0 Å². The van der Waals surface area contributed by atoms with Crippen molar-refractivity contribution < 1.29 is 0 Å². The maximum atomic E-state index is 6.06. The summed E-state index contributed by atoms with van der Waals surface area (Å²) >= 11 is 6.06. The predicted molar refractivity (Wildman–Crippen MR) is 93.2 cm³/mol. The molecule has 0 radical (unpaired) electrons. The molecule has 21 heavy (non-hydrogen) atoms.